The van der Waals surface area contributed by atoms with Gasteiger partial charge in [-0.25, -0.2) is 0 Å². The smallest absolute Gasteiger partial charge is 0.144 e. The van der Waals surface area contributed by atoms with Crippen molar-refractivity contribution in [3.05, 3.63) is 34.9 Å². The number of ketones is 1. The average Bonchev–Trinajstić information content (AvgIpc) is 2.46. The van der Waals surface area contributed by atoms with Gasteiger partial charge in [0.2, 0.25) is 0 Å². The summed E-state index contributed by atoms with van der Waals surface area (Å²) in [7, 11) is 0. The standard InChI is InChI=1S/C16H22ClNO2/c1-12(2)16(19)15(11-18-7-9-20-10-8-18)13-3-5-14(17)6-4-13/h3-6,12,15H,7-11H2,1-2H3. The van der Waals surface area contributed by atoms with Crippen molar-refractivity contribution >= 4 is 17.4 Å². The number of rotatable bonds is 5. The van der Waals surface area contributed by atoms with Crippen LogP contribution >= 0.6 is 11.6 Å². The molecule has 0 amide bonds. The number of carbonyl (C=O) groups excluding carboxylic acids is 1. The third kappa shape index (κ3) is 4.05. The fourth-order valence-electron chi connectivity index (χ4n) is 2.50. The molecule has 1 aromatic carbocycles. The normalized spacial score (nSPS) is 18.2. The molecule has 20 heavy (non-hydrogen) atoms. The molecule has 3 nitrogen and oxygen atoms in total. The van der Waals surface area contributed by atoms with Crippen molar-refractivity contribution < 1.29 is 9.53 Å². The number of hydrogen-bond acceptors (Lipinski definition) is 3. The molecule has 0 saturated carbocycles. The summed E-state index contributed by atoms with van der Waals surface area (Å²) < 4.78 is 5.37. The van der Waals surface area contributed by atoms with Crippen LogP contribution in [-0.4, -0.2) is 43.5 Å². The Morgan fingerprint density at radius 1 is 1.25 bits per heavy atom. The molecule has 0 aliphatic carbocycles. The summed E-state index contributed by atoms with van der Waals surface area (Å²) in [5.74, 6) is 0.251. The molecular formula is C16H22ClNO2. The Morgan fingerprint density at radius 3 is 2.40 bits per heavy atom. The van der Waals surface area contributed by atoms with Gasteiger partial charge in [0.1, 0.15) is 5.78 Å². The fourth-order valence-corrected chi connectivity index (χ4v) is 2.63. The maximum absolute atomic E-state index is 12.5. The van der Waals surface area contributed by atoms with Gasteiger partial charge in [-0.1, -0.05) is 37.6 Å². The van der Waals surface area contributed by atoms with E-state index in [0.29, 0.717) is 10.8 Å². The van der Waals surface area contributed by atoms with Crippen LogP contribution in [0.4, 0.5) is 0 Å². The topological polar surface area (TPSA) is 29.5 Å². The van der Waals surface area contributed by atoms with Crippen LogP contribution in [0, 0.1) is 5.92 Å². The van der Waals surface area contributed by atoms with Crippen LogP contribution in [-0.2, 0) is 9.53 Å². The third-order valence-corrected chi connectivity index (χ3v) is 3.98. The Bertz CT molecular complexity index is 438. The highest BCUT2D eigenvalue weighted by Gasteiger charge is 2.26. The third-order valence-electron chi connectivity index (χ3n) is 3.73. The van der Waals surface area contributed by atoms with Crippen molar-refractivity contribution in [3.8, 4) is 0 Å². The Kier molecular flexibility index (Phi) is 5.58. The Balaban J connectivity index is 2.15. The Labute approximate surface area is 125 Å². The first kappa shape index (κ1) is 15.5. The van der Waals surface area contributed by atoms with Gasteiger partial charge in [-0.3, -0.25) is 9.69 Å². The van der Waals surface area contributed by atoms with E-state index in [0.717, 1.165) is 38.4 Å². The molecule has 1 atom stereocenters. The first-order valence-electron chi connectivity index (χ1n) is 7.17. The van der Waals surface area contributed by atoms with Crippen molar-refractivity contribution in [3.63, 3.8) is 0 Å². The van der Waals surface area contributed by atoms with Crippen molar-refractivity contribution in [2.45, 2.75) is 19.8 Å². The first-order chi connectivity index (χ1) is 9.58. The maximum Gasteiger partial charge on any atom is 0.144 e. The summed E-state index contributed by atoms with van der Waals surface area (Å²) in [6.45, 7) is 7.99. The molecule has 0 spiro atoms. The van der Waals surface area contributed by atoms with E-state index in [1.165, 1.54) is 0 Å². The highest BCUT2D eigenvalue weighted by atomic mass is 35.5. The van der Waals surface area contributed by atoms with Crippen LogP contribution < -0.4 is 0 Å². The minimum absolute atomic E-state index is 0.0386. The first-order valence-corrected chi connectivity index (χ1v) is 7.55. The zero-order valence-electron chi connectivity index (χ0n) is 12.1. The van der Waals surface area contributed by atoms with Gasteiger partial charge in [0, 0.05) is 30.6 Å². The minimum Gasteiger partial charge on any atom is -0.379 e. The van der Waals surface area contributed by atoms with Crippen LogP contribution in [0.3, 0.4) is 0 Å². The summed E-state index contributed by atoms with van der Waals surface area (Å²) >= 11 is 5.94. The number of nitrogens with zero attached hydrogens (tertiary/aromatic N) is 1. The monoisotopic (exact) mass is 295 g/mol. The van der Waals surface area contributed by atoms with Crippen LogP contribution in [0.25, 0.3) is 0 Å². The van der Waals surface area contributed by atoms with Gasteiger partial charge < -0.3 is 4.74 Å². The molecule has 1 aliphatic heterocycles. The van der Waals surface area contributed by atoms with Crippen molar-refractivity contribution in [1.82, 2.24) is 4.90 Å². The largest absolute Gasteiger partial charge is 0.379 e. The minimum atomic E-state index is -0.0784. The molecule has 1 aromatic rings. The summed E-state index contributed by atoms with van der Waals surface area (Å²) in [6.07, 6.45) is 0. The molecule has 0 radical (unpaired) electrons. The molecular weight excluding hydrogens is 274 g/mol. The van der Waals surface area contributed by atoms with Crippen molar-refractivity contribution in [2.24, 2.45) is 5.92 Å². The van der Waals surface area contributed by atoms with Gasteiger partial charge in [0.15, 0.2) is 0 Å². The number of Topliss-reactive ketones (excluding diaryl/α,β-unsaturated/α-hetero) is 1. The molecule has 1 aliphatic rings. The molecule has 1 fully saturated rings. The number of halogens is 1. The number of morpholine rings is 1. The summed E-state index contributed by atoms with van der Waals surface area (Å²) in [5, 5.41) is 0.705. The van der Waals surface area contributed by atoms with Gasteiger partial charge in [0.05, 0.1) is 19.1 Å². The highest BCUT2D eigenvalue weighted by molar-refractivity contribution is 6.30. The van der Waals surface area contributed by atoms with Crippen molar-refractivity contribution in [2.75, 3.05) is 32.8 Å². The predicted octanol–water partition coefficient (Wildman–Crippen LogP) is 2.98. The van der Waals surface area contributed by atoms with E-state index in [1.54, 1.807) is 0 Å². The predicted molar refractivity (Wildman–Crippen MR) is 81.3 cm³/mol. The van der Waals surface area contributed by atoms with Crippen molar-refractivity contribution in [1.29, 1.82) is 0 Å². The second-order valence-corrected chi connectivity index (χ2v) is 6.01. The Morgan fingerprint density at radius 2 is 1.85 bits per heavy atom. The van der Waals surface area contributed by atoms with E-state index in [9.17, 15) is 4.79 Å². The number of carbonyl (C=O) groups is 1. The van der Waals surface area contributed by atoms with Gasteiger partial charge in [0.25, 0.3) is 0 Å². The lowest BCUT2D eigenvalue weighted by molar-refractivity contribution is -0.124. The van der Waals surface area contributed by atoms with Gasteiger partial charge in [-0.15, -0.1) is 0 Å². The molecule has 1 heterocycles. The quantitative estimate of drug-likeness (QED) is 0.836. The zero-order valence-corrected chi connectivity index (χ0v) is 12.9. The van der Waals surface area contributed by atoms with Crippen LogP contribution in [0.1, 0.15) is 25.3 Å². The second kappa shape index (κ2) is 7.21. The van der Waals surface area contributed by atoms with Crippen LogP contribution in [0.15, 0.2) is 24.3 Å². The van der Waals surface area contributed by atoms with E-state index in [1.807, 2.05) is 38.1 Å². The highest BCUT2D eigenvalue weighted by Crippen LogP contribution is 2.24. The SMILES string of the molecule is CC(C)C(=O)C(CN1CCOCC1)c1ccc(Cl)cc1. The van der Waals surface area contributed by atoms with E-state index in [4.69, 9.17) is 16.3 Å². The van der Waals surface area contributed by atoms with Crippen LogP contribution in [0.2, 0.25) is 5.02 Å². The molecule has 0 aromatic heterocycles. The zero-order chi connectivity index (χ0) is 14.5. The van der Waals surface area contributed by atoms with Gasteiger partial charge in [-0.05, 0) is 17.7 Å². The lowest BCUT2D eigenvalue weighted by Gasteiger charge is -2.30. The molecule has 0 bridgehead atoms. The van der Waals surface area contributed by atoms with Crippen LogP contribution in [0.5, 0.6) is 0 Å². The summed E-state index contributed by atoms with van der Waals surface area (Å²) in [4.78, 5) is 14.8. The molecule has 110 valence electrons. The van der Waals surface area contributed by atoms with E-state index >= 15 is 0 Å². The fraction of sp³-hybridized carbons (Fsp3) is 0.562. The number of benzene rings is 1. The van der Waals surface area contributed by atoms with Gasteiger partial charge in [-0.2, -0.15) is 0 Å². The van der Waals surface area contributed by atoms with Gasteiger partial charge >= 0.3 is 0 Å². The number of ether oxygens (including phenoxy) is 1. The maximum atomic E-state index is 12.5. The lowest BCUT2D eigenvalue weighted by atomic mass is 9.88. The van der Waals surface area contributed by atoms with E-state index < -0.39 is 0 Å². The second-order valence-electron chi connectivity index (χ2n) is 5.57. The molecule has 1 unspecified atom stereocenters. The average molecular weight is 296 g/mol. The molecule has 1 saturated heterocycles. The van der Waals surface area contributed by atoms with E-state index in [2.05, 4.69) is 4.90 Å². The molecule has 4 heteroatoms. The molecule has 2 rings (SSSR count). The molecule has 0 N–H and O–H groups in total. The Hall–Kier alpha value is -0.900. The number of hydrogen-bond donors (Lipinski definition) is 0. The summed E-state index contributed by atoms with van der Waals surface area (Å²) in [5.41, 5.74) is 1.06. The summed E-state index contributed by atoms with van der Waals surface area (Å²) in [6, 6.07) is 7.65. The van der Waals surface area contributed by atoms with E-state index in [-0.39, 0.29) is 11.8 Å². The lowest BCUT2D eigenvalue weighted by Crippen LogP contribution is -2.40.